The Morgan fingerprint density at radius 2 is 1.67 bits per heavy atom. The van der Waals surface area contributed by atoms with Crippen LogP contribution in [0.4, 0.5) is 0 Å². The molecule has 0 bridgehead atoms. The highest BCUT2D eigenvalue weighted by atomic mass is 32.2. The normalized spacial score (nSPS) is 10.6. The fourth-order valence-corrected chi connectivity index (χ4v) is 3.05. The van der Waals surface area contributed by atoms with Gasteiger partial charge < -0.3 is 10.2 Å². The number of Topliss-reactive ketones (excluding diaryl/α,β-unsaturated/α-hetero) is 1. The maximum atomic E-state index is 12.0. The van der Waals surface area contributed by atoms with Crippen molar-refractivity contribution in [1.29, 1.82) is 0 Å². The van der Waals surface area contributed by atoms with E-state index < -0.39 is 0 Å². The summed E-state index contributed by atoms with van der Waals surface area (Å²) < 4.78 is 0. The summed E-state index contributed by atoms with van der Waals surface area (Å²) in [5.74, 6) is 0.587. The molecule has 2 N–H and O–H groups in total. The van der Waals surface area contributed by atoms with Gasteiger partial charge in [-0.3, -0.25) is 4.79 Å². The zero-order valence-electron chi connectivity index (χ0n) is 12.1. The van der Waals surface area contributed by atoms with Crippen LogP contribution in [-0.2, 0) is 5.75 Å². The molecule has 21 heavy (non-hydrogen) atoms. The van der Waals surface area contributed by atoms with Crippen molar-refractivity contribution in [3.8, 4) is 11.5 Å². The summed E-state index contributed by atoms with van der Waals surface area (Å²) in [5.41, 5.74) is 4.07. The fourth-order valence-electron chi connectivity index (χ4n) is 2.19. The molecule has 0 aromatic heterocycles. The Hall–Kier alpha value is -1.94. The second kappa shape index (κ2) is 6.68. The zero-order valence-corrected chi connectivity index (χ0v) is 12.9. The number of hydrogen-bond donors (Lipinski definition) is 2. The van der Waals surface area contributed by atoms with Crippen molar-refractivity contribution >= 4 is 17.5 Å². The van der Waals surface area contributed by atoms with Crippen molar-refractivity contribution < 1.29 is 15.0 Å². The molecule has 2 rings (SSSR count). The number of phenols is 2. The topological polar surface area (TPSA) is 57.5 Å². The first-order valence-electron chi connectivity index (χ1n) is 6.66. The van der Waals surface area contributed by atoms with E-state index in [0.29, 0.717) is 11.3 Å². The summed E-state index contributed by atoms with van der Waals surface area (Å²) in [6, 6.07) is 10.5. The minimum absolute atomic E-state index is 0.0559. The third-order valence-corrected chi connectivity index (χ3v) is 4.08. The molecule has 0 atom stereocenters. The first-order chi connectivity index (χ1) is 9.95. The van der Waals surface area contributed by atoms with Crippen molar-refractivity contribution in [1.82, 2.24) is 0 Å². The molecule has 110 valence electrons. The van der Waals surface area contributed by atoms with Crippen LogP contribution in [0.5, 0.6) is 11.5 Å². The zero-order chi connectivity index (χ0) is 15.4. The largest absolute Gasteiger partial charge is 0.504 e. The molecule has 0 aliphatic heterocycles. The van der Waals surface area contributed by atoms with Crippen LogP contribution in [0.3, 0.4) is 0 Å². The van der Waals surface area contributed by atoms with E-state index in [9.17, 15) is 15.0 Å². The Labute approximate surface area is 128 Å². The van der Waals surface area contributed by atoms with Gasteiger partial charge in [-0.15, -0.1) is 11.8 Å². The molecular formula is C17H18O3S. The number of thioether (sulfide) groups is 1. The SMILES string of the molecule is Cc1cc(C)cc(CSCC(=O)c2ccc(O)c(O)c2)c1. The summed E-state index contributed by atoms with van der Waals surface area (Å²) in [6.07, 6.45) is 0. The van der Waals surface area contributed by atoms with E-state index in [4.69, 9.17) is 0 Å². The molecular weight excluding hydrogens is 284 g/mol. The maximum absolute atomic E-state index is 12.0. The molecule has 0 spiro atoms. The highest BCUT2D eigenvalue weighted by Crippen LogP contribution is 2.26. The molecule has 4 heteroatoms. The molecule has 0 saturated heterocycles. The van der Waals surface area contributed by atoms with Gasteiger partial charge >= 0.3 is 0 Å². The minimum atomic E-state index is -0.264. The van der Waals surface area contributed by atoms with Crippen molar-refractivity contribution in [2.45, 2.75) is 19.6 Å². The number of aryl methyl sites for hydroxylation is 2. The molecule has 0 aliphatic carbocycles. The number of carbonyl (C=O) groups is 1. The number of phenolic OH excluding ortho intramolecular Hbond substituents is 2. The number of hydrogen-bond acceptors (Lipinski definition) is 4. The van der Waals surface area contributed by atoms with Gasteiger partial charge in [0.2, 0.25) is 0 Å². The lowest BCUT2D eigenvalue weighted by Gasteiger charge is -2.06. The molecule has 0 aliphatic rings. The fraction of sp³-hybridized carbons (Fsp3) is 0.235. The second-order valence-corrected chi connectivity index (χ2v) is 6.10. The van der Waals surface area contributed by atoms with E-state index in [-0.39, 0.29) is 17.3 Å². The number of aromatic hydroxyl groups is 2. The summed E-state index contributed by atoms with van der Waals surface area (Å²) in [6.45, 7) is 4.12. The summed E-state index contributed by atoms with van der Waals surface area (Å²) >= 11 is 1.54. The molecule has 0 fully saturated rings. The van der Waals surface area contributed by atoms with Gasteiger partial charge in [0.25, 0.3) is 0 Å². The molecule has 3 nitrogen and oxygen atoms in total. The number of carbonyl (C=O) groups excluding carboxylic acids is 1. The number of rotatable bonds is 5. The lowest BCUT2D eigenvalue weighted by atomic mass is 10.1. The Kier molecular flexibility index (Phi) is 4.91. The first kappa shape index (κ1) is 15.4. The molecule has 0 saturated carbocycles. The van der Waals surface area contributed by atoms with Gasteiger partial charge in [-0.2, -0.15) is 0 Å². The summed E-state index contributed by atoms with van der Waals surface area (Å²) in [7, 11) is 0. The molecule has 0 heterocycles. The van der Waals surface area contributed by atoms with E-state index >= 15 is 0 Å². The average Bonchev–Trinajstić information content (AvgIpc) is 2.40. The van der Waals surface area contributed by atoms with Crippen molar-refractivity contribution in [3.63, 3.8) is 0 Å². The van der Waals surface area contributed by atoms with E-state index in [0.717, 1.165) is 5.75 Å². The van der Waals surface area contributed by atoms with Crippen LogP contribution in [0.25, 0.3) is 0 Å². The van der Waals surface area contributed by atoms with Gasteiger partial charge in [-0.1, -0.05) is 29.3 Å². The van der Waals surface area contributed by atoms with Gasteiger partial charge in [-0.05, 0) is 37.6 Å². The van der Waals surface area contributed by atoms with Crippen LogP contribution in [0, 0.1) is 13.8 Å². The quantitative estimate of drug-likeness (QED) is 0.651. The third kappa shape index (κ3) is 4.26. The van der Waals surface area contributed by atoms with E-state index in [1.807, 2.05) is 0 Å². The number of ketones is 1. The van der Waals surface area contributed by atoms with Crippen LogP contribution in [-0.4, -0.2) is 21.7 Å². The molecule has 0 amide bonds. The molecule has 0 unspecified atom stereocenters. The Bertz CT molecular complexity index is 645. The van der Waals surface area contributed by atoms with Gasteiger partial charge in [0, 0.05) is 11.3 Å². The van der Waals surface area contributed by atoms with Crippen LogP contribution >= 0.6 is 11.8 Å². The lowest BCUT2D eigenvalue weighted by Crippen LogP contribution is -2.02. The second-order valence-electron chi connectivity index (χ2n) is 5.12. The van der Waals surface area contributed by atoms with Crippen LogP contribution in [0.2, 0.25) is 0 Å². The van der Waals surface area contributed by atoms with E-state index in [1.165, 1.54) is 34.9 Å². The third-order valence-electron chi connectivity index (χ3n) is 3.08. The minimum Gasteiger partial charge on any atom is -0.504 e. The van der Waals surface area contributed by atoms with E-state index in [2.05, 4.69) is 32.0 Å². The van der Waals surface area contributed by atoms with Crippen LogP contribution in [0.15, 0.2) is 36.4 Å². The smallest absolute Gasteiger partial charge is 0.172 e. The standard InChI is InChI=1S/C17H18O3S/c1-11-5-12(2)7-13(6-11)9-21-10-17(20)14-3-4-15(18)16(19)8-14/h3-8,18-19H,9-10H2,1-2H3. The average molecular weight is 302 g/mol. The molecule has 2 aromatic rings. The monoisotopic (exact) mass is 302 g/mol. The van der Waals surface area contributed by atoms with Gasteiger partial charge in [0.05, 0.1) is 5.75 Å². The van der Waals surface area contributed by atoms with Crippen LogP contribution < -0.4 is 0 Å². The Morgan fingerprint density at radius 1 is 1.00 bits per heavy atom. The highest BCUT2D eigenvalue weighted by molar-refractivity contribution is 7.99. The van der Waals surface area contributed by atoms with Crippen LogP contribution in [0.1, 0.15) is 27.0 Å². The van der Waals surface area contributed by atoms with Gasteiger partial charge in [0.15, 0.2) is 17.3 Å². The summed E-state index contributed by atoms with van der Waals surface area (Å²) in [4.78, 5) is 12.0. The van der Waals surface area contributed by atoms with E-state index in [1.54, 1.807) is 11.8 Å². The first-order valence-corrected chi connectivity index (χ1v) is 7.81. The predicted octanol–water partition coefficient (Wildman–Crippen LogP) is 3.83. The number of benzene rings is 2. The molecule has 2 aromatic carbocycles. The maximum Gasteiger partial charge on any atom is 0.172 e. The molecule has 0 radical (unpaired) electrons. The van der Waals surface area contributed by atoms with Gasteiger partial charge in [-0.25, -0.2) is 0 Å². The Morgan fingerprint density at radius 3 is 2.29 bits per heavy atom. The predicted molar refractivity (Wildman–Crippen MR) is 86.2 cm³/mol. The summed E-state index contributed by atoms with van der Waals surface area (Å²) in [5, 5.41) is 18.6. The van der Waals surface area contributed by atoms with Crippen molar-refractivity contribution in [2.75, 3.05) is 5.75 Å². The van der Waals surface area contributed by atoms with Crippen molar-refractivity contribution in [3.05, 3.63) is 58.7 Å². The lowest BCUT2D eigenvalue weighted by molar-refractivity contribution is 0.102. The highest BCUT2D eigenvalue weighted by Gasteiger charge is 2.09. The van der Waals surface area contributed by atoms with Gasteiger partial charge in [0.1, 0.15) is 0 Å². The Balaban J connectivity index is 1.93. The van der Waals surface area contributed by atoms with Crippen molar-refractivity contribution in [2.24, 2.45) is 0 Å².